The number of rotatable bonds is 4. The maximum absolute atomic E-state index is 12.7. The lowest BCUT2D eigenvalue weighted by Gasteiger charge is -1.98. The van der Waals surface area contributed by atoms with Gasteiger partial charge in [-0.15, -0.1) is 12.4 Å². The van der Waals surface area contributed by atoms with Gasteiger partial charge in [-0.3, -0.25) is 4.79 Å². The summed E-state index contributed by atoms with van der Waals surface area (Å²) in [4.78, 5) is 13.5. The number of H-pyrrole nitrogens is 1. The first-order valence-electron chi connectivity index (χ1n) is 5.31. The molecule has 96 valence electrons. The van der Waals surface area contributed by atoms with Gasteiger partial charge < -0.3 is 10.1 Å². The molecule has 0 bridgehead atoms. The molecule has 2 rings (SSSR count). The minimum atomic E-state index is -0.817. The number of aromatic amines is 1. The number of aromatic nitrogens is 1. The highest BCUT2D eigenvalue weighted by Crippen LogP contribution is 2.19. The third-order valence-electron chi connectivity index (χ3n) is 2.51. The van der Waals surface area contributed by atoms with Gasteiger partial charge in [0.15, 0.2) is 0 Å². The molecule has 0 radical (unpaired) electrons. The summed E-state index contributed by atoms with van der Waals surface area (Å²) in [6, 6.07) is 9.87. The average molecular weight is 270 g/mol. The molecule has 1 heterocycles. The summed E-state index contributed by atoms with van der Waals surface area (Å²) in [6.45, 7) is 0. The summed E-state index contributed by atoms with van der Waals surface area (Å²) < 4.78 is 12.7. The molecular weight excluding hydrogens is 257 g/mol. The number of nitrogens with one attached hydrogen (secondary N) is 1. The number of aryl methyl sites for hydroxylation is 1. The van der Waals surface area contributed by atoms with Crippen molar-refractivity contribution in [3.8, 4) is 11.3 Å². The number of carboxylic acid groups (broad SMARTS) is 1. The molecule has 0 saturated heterocycles. The third-order valence-corrected chi connectivity index (χ3v) is 2.51. The van der Waals surface area contributed by atoms with Gasteiger partial charge in [-0.1, -0.05) is 0 Å². The van der Waals surface area contributed by atoms with Gasteiger partial charge >= 0.3 is 5.97 Å². The second-order valence-corrected chi connectivity index (χ2v) is 3.80. The number of hydrogen-bond acceptors (Lipinski definition) is 1. The van der Waals surface area contributed by atoms with E-state index in [1.165, 1.54) is 12.1 Å². The van der Waals surface area contributed by atoms with E-state index in [9.17, 15) is 9.18 Å². The standard InChI is InChI=1S/C13H12FNO2.ClH/c14-10-3-1-9(2-4-10)12-7-5-11(15-12)6-8-13(16)17;/h1-5,7,15H,6,8H2,(H,16,17);1H. The fraction of sp³-hybridized carbons (Fsp3) is 0.154. The summed E-state index contributed by atoms with van der Waals surface area (Å²) >= 11 is 0. The van der Waals surface area contributed by atoms with Crippen molar-refractivity contribution >= 4 is 18.4 Å². The van der Waals surface area contributed by atoms with Crippen LogP contribution in [0.5, 0.6) is 0 Å². The Morgan fingerprint density at radius 1 is 1.17 bits per heavy atom. The minimum Gasteiger partial charge on any atom is -0.481 e. The molecule has 18 heavy (non-hydrogen) atoms. The average Bonchev–Trinajstić information content (AvgIpc) is 2.76. The first-order valence-corrected chi connectivity index (χ1v) is 5.31. The summed E-state index contributed by atoms with van der Waals surface area (Å²) in [5.74, 6) is -1.09. The first kappa shape index (κ1) is 14.3. The minimum absolute atomic E-state index is 0. The highest BCUT2D eigenvalue weighted by molar-refractivity contribution is 5.85. The monoisotopic (exact) mass is 269 g/mol. The van der Waals surface area contributed by atoms with E-state index in [0.29, 0.717) is 6.42 Å². The molecule has 0 aliphatic rings. The first-order chi connectivity index (χ1) is 8.15. The van der Waals surface area contributed by atoms with E-state index in [0.717, 1.165) is 17.0 Å². The second-order valence-electron chi connectivity index (χ2n) is 3.80. The lowest BCUT2D eigenvalue weighted by molar-refractivity contribution is -0.136. The molecule has 0 saturated carbocycles. The van der Waals surface area contributed by atoms with Crippen LogP contribution in [0.3, 0.4) is 0 Å². The Morgan fingerprint density at radius 2 is 1.83 bits per heavy atom. The van der Waals surface area contributed by atoms with Crippen molar-refractivity contribution in [2.24, 2.45) is 0 Å². The van der Waals surface area contributed by atoms with E-state index in [2.05, 4.69) is 4.98 Å². The Morgan fingerprint density at radius 3 is 2.44 bits per heavy atom. The third kappa shape index (κ3) is 3.60. The number of halogens is 2. The molecule has 0 spiro atoms. The van der Waals surface area contributed by atoms with Crippen LogP contribution in [0, 0.1) is 5.82 Å². The predicted octanol–water partition coefficient (Wildman–Crippen LogP) is 3.26. The number of benzene rings is 1. The largest absolute Gasteiger partial charge is 0.481 e. The van der Waals surface area contributed by atoms with Crippen LogP contribution in [0.2, 0.25) is 0 Å². The van der Waals surface area contributed by atoms with Crippen LogP contribution in [0.25, 0.3) is 11.3 Å². The molecule has 0 atom stereocenters. The maximum atomic E-state index is 12.7. The van der Waals surface area contributed by atoms with Gasteiger partial charge in [-0.2, -0.15) is 0 Å². The zero-order chi connectivity index (χ0) is 12.3. The predicted molar refractivity (Wildman–Crippen MR) is 69.4 cm³/mol. The van der Waals surface area contributed by atoms with Crippen LogP contribution in [-0.4, -0.2) is 16.1 Å². The van der Waals surface area contributed by atoms with Crippen LogP contribution < -0.4 is 0 Å². The number of aliphatic carboxylic acids is 1. The quantitative estimate of drug-likeness (QED) is 0.895. The molecule has 2 N–H and O–H groups in total. The lowest BCUT2D eigenvalue weighted by atomic mass is 10.1. The zero-order valence-corrected chi connectivity index (χ0v) is 10.3. The Balaban J connectivity index is 0.00000162. The maximum Gasteiger partial charge on any atom is 0.303 e. The van der Waals surface area contributed by atoms with E-state index in [1.807, 2.05) is 12.1 Å². The van der Waals surface area contributed by atoms with E-state index < -0.39 is 5.97 Å². The molecule has 0 aliphatic heterocycles. The van der Waals surface area contributed by atoms with Crippen molar-refractivity contribution in [3.63, 3.8) is 0 Å². The molecular formula is C13H13ClFNO2. The Labute approximate surface area is 110 Å². The number of hydrogen-bond donors (Lipinski definition) is 2. The van der Waals surface area contributed by atoms with E-state index >= 15 is 0 Å². The molecule has 2 aromatic rings. The molecule has 3 nitrogen and oxygen atoms in total. The Hall–Kier alpha value is -1.81. The smallest absolute Gasteiger partial charge is 0.303 e. The second kappa shape index (κ2) is 6.21. The summed E-state index contributed by atoms with van der Waals surface area (Å²) in [6.07, 6.45) is 0.569. The van der Waals surface area contributed by atoms with Crippen LogP contribution in [0.1, 0.15) is 12.1 Å². The van der Waals surface area contributed by atoms with Gasteiger partial charge in [0.1, 0.15) is 5.82 Å². The lowest BCUT2D eigenvalue weighted by Crippen LogP contribution is -1.97. The fourth-order valence-corrected chi connectivity index (χ4v) is 1.63. The summed E-state index contributed by atoms with van der Waals surface area (Å²) in [5, 5.41) is 8.57. The molecule has 0 aliphatic carbocycles. The van der Waals surface area contributed by atoms with Gasteiger partial charge in [-0.25, -0.2) is 4.39 Å². The van der Waals surface area contributed by atoms with E-state index in [4.69, 9.17) is 5.11 Å². The molecule has 0 unspecified atom stereocenters. The van der Waals surface area contributed by atoms with Crippen molar-refractivity contribution in [2.75, 3.05) is 0 Å². The highest BCUT2D eigenvalue weighted by Gasteiger charge is 2.04. The molecule has 0 fully saturated rings. The van der Waals surface area contributed by atoms with E-state index in [-0.39, 0.29) is 24.6 Å². The van der Waals surface area contributed by atoms with Gasteiger partial charge in [0, 0.05) is 11.4 Å². The van der Waals surface area contributed by atoms with Crippen LogP contribution in [-0.2, 0) is 11.2 Å². The van der Waals surface area contributed by atoms with Crippen LogP contribution in [0.15, 0.2) is 36.4 Å². The van der Waals surface area contributed by atoms with E-state index in [1.54, 1.807) is 12.1 Å². The Bertz CT molecular complexity index is 522. The van der Waals surface area contributed by atoms with Crippen LogP contribution in [0.4, 0.5) is 4.39 Å². The molecule has 5 heteroatoms. The summed E-state index contributed by atoms with van der Waals surface area (Å²) in [5.41, 5.74) is 2.62. The number of carboxylic acids is 1. The molecule has 1 aromatic heterocycles. The van der Waals surface area contributed by atoms with Gasteiger partial charge in [-0.05, 0) is 48.4 Å². The van der Waals surface area contributed by atoms with Crippen molar-refractivity contribution in [3.05, 3.63) is 47.9 Å². The SMILES string of the molecule is Cl.O=C(O)CCc1ccc(-c2ccc(F)cc2)[nH]1. The Kier molecular flexibility index (Phi) is 4.92. The van der Waals surface area contributed by atoms with Gasteiger partial charge in [0.05, 0.1) is 6.42 Å². The van der Waals surface area contributed by atoms with Crippen molar-refractivity contribution in [1.82, 2.24) is 4.98 Å². The summed E-state index contributed by atoms with van der Waals surface area (Å²) in [7, 11) is 0. The van der Waals surface area contributed by atoms with Crippen molar-refractivity contribution in [1.29, 1.82) is 0 Å². The highest BCUT2D eigenvalue weighted by atomic mass is 35.5. The van der Waals surface area contributed by atoms with Crippen LogP contribution >= 0.6 is 12.4 Å². The normalized spacial score (nSPS) is 9.83. The van der Waals surface area contributed by atoms with Gasteiger partial charge in [0.25, 0.3) is 0 Å². The fourth-order valence-electron chi connectivity index (χ4n) is 1.63. The van der Waals surface area contributed by atoms with Crippen molar-refractivity contribution < 1.29 is 14.3 Å². The number of carbonyl (C=O) groups is 1. The molecule has 0 amide bonds. The van der Waals surface area contributed by atoms with Crippen molar-refractivity contribution in [2.45, 2.75) is 12.8 Å². The topological polar surface area (TPSA) is 53.1 Å². The molecule has 1 aromatic carbocycles. The zero-order valence-electron chi connectivity index (χ0n) is 9.52. The van der Waals surface area contributed by atoms with Gasteiger partial charge in [0.2, 0.25) is 0 Å².